The number of amides is 1. The third-order valence-corrected chi connectivity index (χ3v) is 8.17. The van der Waals surface area contributed by atoms with Crippen LogP contribution in [-0.4, -0.2) is 39.9 Å². The monoisotopic (exact) mass is 500 g/mol. The molecular weight excluding hydrogens is 476 g/mol. The summed E-state index contributed by atoms with van der Waals surface area (Å²) in [5.41, 5.74) is 3.81. The summed E-state index contributed by atoms with van der Waals surface area (Å²) in [7, 11) is 0. The van der Waals surface area contributed by atoms with Crippen molar-refractivity contribution >= 4 is 43.9 Å². The topological polar surface area (TPSA) is 60.2 Å². The molecule has 0 spiro atoms. The van der Waals surface area contributed by atoms with Gasteiger partial charge in [0.25, 0.3) is 5.91 Å². The number of carbonyl (C=O) groups excluding carboxylic acids is 1. The van der Waals surface area contributed by atoms with E-state index in [1.54, 1.807) is 4.90 Å². The third kappa shape index (κ3) is 4.29. The second-order valence-corrected chi connectivity index (χ2v) is 10.5. The highest BCUT2D eigenvalue weighted by molar-refractivity contribution is 7.20. The van der Waals surface area contributed by atoms with Crippen LogP contribution in [0, 0.1) is 6.92 Å². The second-order valence-electron chi connectivity index (χ2n) is 8.59. The van der Waals surface area contributed by atoms with Crippen molar-refractivity contribution < 1.29 is 9.53 Å². The number of hydrogen-bond acceptors (Lipinski definition) is 6. The zero-order valence-corrected chi connectivity index (χ0v) is 20.9. The van der Waals surface area contributed by atoms with Gasteiger partial charge in [-0.05, 0) is 38.0 Å². The van der Waals surface area contributed by atoms with Gasteiger partial charge in [-0.3, -0.25) is 9.69 Å². The number of aromatic nitrogens is 3. The van der Waals surface area contributed by atoms with Crippen LogP contribution < -0.4 is 4.90 Å². The summed E-state index contributed by atoms with van der Waals surface area (Å²) in [6, 6.07) is 22.1. The lowest BCUT2D eigenvalue weighted by molar-refractivity contribution is 0.0920. The van der Waals surface area contributed by atoms with Crippen molar-refractivity contribution in [2.45, 2.75) is 25.9 Å². The standard InChI is InChI=1S/C27H24N4O2S2/c1-18-22-15-24(35-26(22)31(29-18)20-11-6-3-7-12-20)25(32)30(16-21-13-8-14-33-21)27-28-23(17-34-27)19-9-4-2-5-10-19/h2-7,9-12,15,17,21H,8,13-14,16H2,1H3/t21-/m1/s1. The zero-order chi connectivity index (χ0) is 23.8. The molecule has 35 heavy (non-hydrogen) atoms. The van der Waals surface area contributed by atoms with Crippen LogP contribution >= 0.6 is 22.7 Å². The molecule has 1 amide bonds. The SMILES string of the molecule is Cc1nn(-c2ccccc2)c2sc(C(=O)N(C[C@H]3CCCO3)c3nc(-c4ccccc4)cs3)cc12. The van der Waals surface area contributed by atoms with E-state index in [0.29, 0.717) is 16.6 Å². The number of thiazole rings is 1. The van der Waals surface area contributed by atoms with E-state index in [2.05, 4.69) is 0 Å². The second kappa shape index (κ2) is 9.37. The molecule has 1 aliphatic heterocycles. The Morgan fingerprint density at radius 1 is 1.14 bits per heavy atom. The normalized spacial score (nSPS) is 15.6. The Bertz CT molecular complexity index is 1470. The Balaban J connectivity index is 1.37. The van der Waals surface area contributed by atoms with E-state index >= 15 is 0 Å². The van der Waals surface area contributed by atoms with Crippen LogP contribution in [0.15, 0.2) is 72.1 Å². The van der Waals surface area contributed by atoms with E-state index in [0.717, 1.165) is 52.3 Å². The Labute approximate surface area is 211 Å². The van der Waals surface area contributed by atoms with Crippen molar-refractivity contribution in [3.05, 3.63) is 82.7 Å². The molecular formula is C27H24N4O2S2. The summed E-state index contributed by atoms with van der Waals surface area (Å²) >= 11 is 2.97. The lowest BCUT2D eigenvalue weighted by atomic mass is 10.2. The number of aryl methyl sites for hydroxylation is 1. The van der Waals surface area contributed by atoms with Gasteiger partial charge in [0.2, 0.25) is 0 Å². The Morgan fingerprint density at radius 3 is 2.66 bits per heavy atom. The van der Waals surface area contributed by atoms with Crippen molar-refractivity contribution in [2.24, 2.45) is 0 Å². The number of para-hydroxylation sites is 1. The summed E-state index contributed by atoms with van der Waals surface area (Å²) in [6.45, 7) is 3.23. The number of carbonyl (C=O) groups is 1. The highest BCUT2D eigenvalue weighted by atomic mass is 32.1. The smallest absolute Gasteiger partial charge is 0.270 e. The van der Waals surface area contributed by atoms with Gasteiger partial charge in [-0.25, -0.2) is 9.67 Å². The van der Waals surface area contributed by atoms with Crippen LogP contribution in [0.5, 0.6) is 0 Å². The van der Waals surface area contributed by atoms with Gasteiger partial charge >= 0.3 is 0 Å². The maximum Gasteiger partial charge on any atom is 0.270 e. The van der Waals surface area contributed by atoms with E-state index in [1.807, 2.05) is 83.7 Å². The van der Waals surface area contributed by atoms with Crippen LogP contribution in [-0.2, 0) is 4.74 Å². The molecule has 0 aliphatic carbocycles. The van der Waals surface area contributed by atoms with E-state index in [4.69, 9.17) is 14.8 Å². The number of benzene rings is 2. The molecule has 5 aromatic rings. The molecule has 0 unspecified atom stereocenters. The van der Waals surface area contributed by atoms with Gasteiger partial charge in [0.05, 0.1) is 34.6 Å². The molecule has 1 saturated heterocycles. The van der Waals surface area contributed by atoms with Crippen molar-refractivity contribution in [1.29, 1.82) is 0 Å². The van der Waals surface area contributed by atoms with Gasteiger partial charge in [0.1, 0.15) is 4.83 Å². The quantitative estimate of drug-likeness (QED) is 0.273. The fourth-order valence-electron chi connectivity index (χ4n) is 4.40. The minimum atomic E-state index is -0.0466. The van der Waals surface area contributed by atoms with Gasteiger partial charge in [0, 0.05) is 22.9 Å². The van der Waals surface area contributed by atoms with Gasteiger partial charge < -0.3 is 4.74 Å². The van der Waals surface area contributed by atoms with Crippen LogP contribution in [0.4, 0.5) is 5.13 Å². The molecule has 6 nitrogen and oxygen atoms in total. The molecule has 4 heterocycles. The molecule has 0 saturated carbocycles. The predicted octanol–water partition coefficient (Wildman–Crippen LogP) is 6.34. The van der Waals surface area contributed by atoms with Crippen LogP contribution in [0.25, 0.3) is 27.2 Å². The number of ether oxygens (including phenoxy) is 1. The Morgan fingerprint density at radius 2 is 1.91 bits per heavy atom. The van der Waals surface area contributed by atoms with Gasteiger partial charge in [-0.1, -0.05) is 48.5 Å². The molecule has 1 fully saturated rings. The highest BCUT2D eigenvalue weighted by Crippen LogP contribution is 2.34. The summed E-state index contributed by atoms with van der Waals surface area (Å²) in [5.74, 6) is -0.0466. The van der Waals surface area contributed by atoms with E-state index in [1.165, 1.54) is 22.7 Å². The summed E-state index contributed by atoms with van der Waals surface area (Å²) < 4.78 is 7.82. The minimum Gasteiger partial charge on any atom is -0.376 e. The molecule has 1 aliphatic rings. The van der Waals surface area contributed by atoms with Gasteiger partial charge in [-0.2, -0.15) is 5.10 Å². The van der Waals surface area contributed by atoms with Crippen molar-refractivity contribution in [3.8, 4) is 16.9 Å². The average Bonchev–Trinajstić information content (AvgIpc) is 3.70. The first-order valence-electron chi connectivity index (χ1n) is 11.7. The molecule has 0 N–H and O–H groups in total. The number of fused-ring (bicyclic) bond motifs is 1. The van der Waals surface area contributed by atoms with Gasteiger partial charge in [0.15, 0.2) is 5.13 Å². The van der Waals surface area contributed by atoms with Crippen molar-refractivity contribution in [1.82, 2.24) is 14.8 Å². The fraction of sp³-hybridized carbons (Fsp3) is 0.222. The first-order valence-corrected chi connectivity index (χ1v) is 13.4. The van der Waals surface area contributed by atoms with Crippen molar-refractivity contribution in [3.63, 3.8) is 0 Å². The molecule has 3 aromatic heterocycles. The third-order valence-electron chi connectivity index (χ3n) is 6.20. The number of rotatable bonds is 6. The fourth-order valence-corrected chi connectivity index (χ4v) is 6.37. The Kier molecular flexibility index (Phi) is 5.93. The maximum atomic E-state index is 13.9. The lowest BCUT2D eigenvalue weighted by Gasteiger charge is -2.22. The molecule has 1 atom stereocenters. The van der Waals surface area contributed by atoms with Crippen LogP contribution in [0.1, 0.15) is 28.2 Å². The number of anilines is 1. The van der Waals surface area contributed by atoms with Crippen LogP contribution in [0.2, 0.25) is 0 Å². The molecule has 176 valence electrons. The maximum absolute atomic E-state index is 13.9. The summed E-state index contributed by atoms with van der Waals surface area (Å²) in [4.78, 5) is 22.2. The van der Waals surface area contributed by atoms with E-state index in [9.17, 15) is 4.79 Å². The lowest BCUT2D eigenvalue weighted by Crippen LogP contribution is -2.37. The summed E-state index contributed by atoms with van der Waals surface area (Å²) in [6.07, 6.45) is 2.00. The van der Waals surface area contributed by atoms with Gasteiger partial charge in [-0.15, -0.1) is 22.7 Å². The molecule has 6 rings (SSSR count). The number of thiophene rings is 1. The summed E-state index contributed by atoms with van der Waals surface area (Å²) in [5, 5.41) is 8.43. The molecule has 2 aromatic carbocycles. The first kappa shape index (κ1) is 22.2. The van der Waals surface area contributed by atoms with E-state index < -0.39 is 0 Å². The average molecular weight is 501 g/mol. The highest BCUT2D eigenvalue weighted by Gasteiger charge is 2.29. The first-order chi connectivity index (χ1) is 17.2. The number of hydrogen-bond donors (Lipinski definition) is 0. The molecule has 8 heteroatoms. The number of nitrogens with zero attached hydrogens (tertiary/aromatic N) is 4. The van der Waals surface area contributed by atoms with E-state index in [-0.39, 0.29) is 12.0 Å². The zero-order valence-electron chi connectivity index (χ0n) is 19.3. The molecule has 0 radical (unpaired) electrons. The predicted molar refractivity (Wildman–Crippen MR) is 142 cm³/mol. The molecule has 0 bridgehead atoms. The van der Waals surface area contributed by atoms with Crippen molar-refractivity contribution in [2.75, 3.05) is 18.1 Å². The van der Waals surface area contributed by atoms with Crippen LogP contribution in [0.3, 0.4) is 0 Å². The minimum absolute atomic E-state index is 0.0268. The Hall–Kier alpha value is -3.33. The largest absolute Gasteiger partial charge is 0.376 e.